The smallest absolute Gasteiger partial charge is 0.287 e. The molecule has 0 bridgehead atoms. The molecule has 1 N–H and O–H groups in total. The molecular weight excluding hydrogens is 300 g/mol. The summed E-state index contributed by atoms with van der Waals surface area (Å²) in [5.74, 6) is 0.1000. The van der Waals surface area contributed by atoms with Gasteiger partial charge in [0.2, 0.25) is 0 Å². The highest BCUT2D eigenvalue weighted by molar-refractivity contribution is 9.10. The number of morpholine rings is 1. The lowest BCUT2D eigenvalue weighted by atomic mass is 10.2. The standard InChI is InChI=1S/C12H17BrN2O3/c1-2-15-5-6-17-9(8-15)7-14-12(16)10-3-4-11(13)18-10/h3-4,9H,2,5-8H2,1H3,(H,14,16). The summed E-state index contributed by atoms with van der Waals surface area (Å²) in [7, 11) is 0. The molecule has 1 saturated heterocycles. The number of halogens is 1. The Morgan fingerprint density at radius 1 is 1.61 bits per heavy atom. The van der Waals surface area contributed by atoms with Gasteiger partial charge in [0.25, 0.3) is 5.91 Å². The third-order valence-electron chi connectivity index (χ3n) is 2.96. The maximum atomic E-state index is 11.8. The Bertz CT molecular complexity index is 408. The zero-order chi connectivity index (χ0) is 13.0. The van der Waals surface area contributed by atoms with Crippen molar-refractivity contribution in [2.24, 2.45) is 0 Å². The maximum absolute atomic E-state index is 11.8. The van der Waals surface area contributed by atoms with Crippen molar-refractivity contribution in [1.29, 1.82) is 0 Å². The van der Waals surface area contributed by atoms with Gasteiger partial charge in [-0.25, -0.2) is 0 Å². The quantitative estimate of drug-likeness (QED) is 0.914. The second-order valence-electron chi connectivity index (χ2n) is 4.20. The summed E-state index contributed by atoms with van der Waals surface area (Å²) in [5, 5.41) is 2.82. The van der Waals surface area contributed by atoms with E-state index in [0.29, 0.717) is 17.0 Å². The van der Waals surface area contributed by atoms with Gasteiger partial charge >= 0.3 is 0 Å². The third-order valence-corrected chi connectivity index (χ3v) is 3.38. The molecule has 18 heavy (non-hydrogen) atoms. The number of hydrogen-bond donors (Lipinski definition) is 1. The van der Waals surface area contributed by atoms with Crippen molar-refractivity contribution in [3.63, 3.8) is 0 Å². The minimum atomic E-state index is -0.210. The normalized spacial score (nSPS) is 20.9. The van der Waals surface area contributed by atoms with E-state index in [9.17, 15) is 4.79 Å². The van der Waals surface area contributed by atoms with Crippen molar-refractivity contribution in [2.45, 2.75) is 13.0 Å². The molecule has 6 heteroatoms. The Morgan fingerprint density at radius 2 is 2.44 bits per heavy atom. The molecule has 5 nitrogen and oxygen atoms in total. The van der Waals surface area contributed by atoms with E-state index in [1.165, 1.54) is 0 Å². The molecule has 0 spiro atoms. The first-order chi connectivity index (χ1) is 8.69. The van der Waals surface area contributed by atoms with E-state index in [0.717, 1.165) is 26.2 Å². The first-order valence-electron chi connectivity index (χ1n) is 6.06. The predicted molar refractivity (Wildman–Crippen MR) is 70.6 cm³/mol. The number of amides is 1. The van der Waals surface area contributed by atoms with E-state index in [1.807, 2.05) is 0 Å². The van der Waals surface area contributed by atoms with Crippen LogP contribution < -0.4 is 5.32 Å². The molecule has 1 amide bonds. The van der Waals surface area contributed by atoms with Crippen LogP contribution >= 0.6 is 15.9 Å². The van der Waals surface area contributed by atoms with Gasteiger partial charge in [-0.1, -0.05) is 6.92 Å². The van der Waals surface area contributed by atoms with Gasteiger partial charge in [-0.3, -0.25) is 9.69 Å². The highest BCUT2D eigenvalue weighted by Crippen LogP contribution is 2.13. The Balaban J connectivity index is 1.79. The number of ether oxygens (including phenoxy) is 1. The zero-order valence-electron chi connectivity index (χ0n) is 10.3. The van der Waals surface area contributed by atoms with Crippen molar-refractivity contribution in [2.75, 3.05) is 32.8 Å². The summed E-state index contributed by atoms with van der Waals surface area (Å²) in [5.41, 5.74) is 0. The van der Waals surface area contributed by atoms with E-state index in [1.54, 1.807) is 12.1 Å². The Hall–Kier alpha value is -0.850. The van der Waals surface area contributed by atoms with Gasteiger partial charge in [-0.05, 0) is 34.6 Å². The number of nitrogens with zero attached hydrogens (tertiary/aromatic N) is 1. The molecule has 2 heterocycles. The first kappa shape index (κ1) is 13.6. The Labute approximate surface area is 115 Å². The van der Waals surface area contributed by atoms with Gasteiger partial charge in [-0.2, -0.15) is 0 Å². The van der Waals surface area contributed by atoms with Gasteiger partial charge < -0.3 is 14.5 Å². The average molecular weight is 317 g/mol. The average Bonchev–Trinajstić information content (AvgIpc) is 2.83. The maximum Gasteiger partial charge on any atom is 0.287 e. The fraction of sp³-hybridized carbons (Fsp3) is 0.583. The molecule has 2 rings (SSSR count). The summed E-state index contributed by atoms with van der Waals surface area (Å²) in [4.78, 5) is 14.1. The highest BCUT2D eigenvalue weighted by atomic mass is 79.9. The van der Waals surface area contributed by atoms with Gasteiger partial charge in [0.15, 0.2) is 10.4 Å². The summed E-state index contributed by atoms with van der Waals surface area (Å²) in [6, 6.07) is 3.34. The molecular formula is C12H17BrN2O3. The lowest BCUT2D eigenvalue weighted by Gasteiger charge is -2.32. The van der Waals surface area contributed by atoms with Crippen molar-refractivity contribution in [3.05, 3.63) is 22.6 Å². The van der Waals surface area contributed by atoms with Gasteiger partial charge in [-0.15, -0.1) is 0 Å². The van der Waals surface area contributed by atoms with E-state index in [2.05, 4.69) is 33.1 Å². The largest absolute Gasteiger partial charge is 0.444 e. The first-order valence-corrected chi connectivity index (χ1v) is 6.86. The Morgan fingerprint density at radius 3 is 3.11 bits per heavy atom. The number of carbonyl (C=O) groups excluding carboxylic acids is 1. The monoisotopic (exact) mass is 316 g/mol. The predicted octanol–water partition coefficient (Wildman–Crippen LogP) is 1.49. The molecule has 1 aliphatic rings. The van der Waals surface area contributed by atoms with Crippen LogP contribution in [0.1, 0.15) is 17.5 Å². The molecule has 1 aromatic heterocycles. The molecule has 1 aromatic rings. The lowest BCUT2D eigenvalue weighted by molar-refractivity contribution is -0.0246. The van der Waals surface area contributed by atoms with E-state index in [-0.39, 0.29) is 12.0 Å². The van der Waals surface area contributed by atoms with Crippen molar-refractivity contribution < 1.29 is 13.9 Å². The van der Waals surface area contributed by atoms with Crippen LogP contribution in [-0.2, 0) is 4.74 Å². The van der Waals surface area contributed by atoms with Gasteiger partial charge in [0, 0.05) is 19.6 Å². The van der Waals surface area contributed by atoms with Crippen LogP contribution in [0.15, 0.2) is 21.2 Å². The fourth-order valence-corrected chi connectivity index (χ4v) is 2.23. The van der Waals surface area contributed by atoms with Crippen molar-refractivity contribution in [3.8, 4) is 0 Å². The summed E-state index contributed by atoms with van der Waals surface area (Å²) >= 11 is 3.17. The van der Waals surface area contributed by atoms with Gasteiger partial charge in [0.05, 0.1) is 12.7 Å². The topological polar surface area (TPSA) is 54.7 Å². The van der Waals surface area contributed by atoms with Gasteiger partial charge in [0.1, 0.15) is 0 Å². The number of carbonyl (C=O) groups is 1. The fourth-order valence-electron chi connectivity index (χ4n) is 1.92. The number of likely N-dealkylation sites (N-methyl/N-ethyl adjacent to an activating group) is 1. The van der Waals surface area contributed by atoms with E-state index < -0.39 is 0 Å². The minimum absolute atomic E-state index is 0.0565. The Kier molecular flexibility index (Phi) is 4.79. The second kappa shape index (κ2) is 6.36. The van der Waals surface area contributed by atoms with Crippen molar-refractivity contribution in [1.82, 2.24) is 10.2 Å². The molecule has 0 radical (unpaired) electrons. The summed E-state index contributed by atoms with van der Waals surface area (Å²) in [6.45, 7) is 6.19. The van der Waals surface area contributed by atoms with Crippen LogP contribution in [0.2, 0.25) is 0 Å². The molecule has 0 saturated carbocycles. The van der Waals surface area contributed by atoms with Crippen molar-refractivity contribution >= 4 is 21.8 Å². The van der Waals surface area contributed by atoms with Crippen LogP contribution in [0.3, 0.4) is 0 Å². The molecule has 0 aromatic carbocycles. The number of rotatable bonds is 4. The molecule has 0 aliphatic carbocycles. The lowest BCUT2D eigenvalue weighted by Crippen LogP contribution is -2.47. The van der Waals surface area contributed by atoms with Crippen LogP contribution in [0.4, 0.5) is 0 Å². The number of nitrogens with one attached hydrogen (secondary N) is 1. The number of hydrogen-bond acceptors (Lipinski definition) is 4. The molecule has 100 valence electrons. The molecule has 1 unspecified atom stereocenters. The van der Waals surface area contributed by atoms with E-state index >= 15 is 0 Å². The van der Waals surface area contributed by atoms with E-state index in [4.69, 9.17) is 9.15 Å². The third kappa shape index (κ3) is 3.57. The molecule has 1 aliphatic heterocycles. The van der Waals surface area contributed by atoms with Crippen LogP contribution in [0.25, 0.3) is 0 Å². The summed E-state index contributed by atoms with van der Waals surface area (Å²) in [6.07, 6.45) is 0.0565. The van der Waals surface area contributed by atoms with Crippen LogP contribution in [0, 0.1) is 0 Å². The molecule has 1 fully saturated rings. The SMILES string of the molecule is CCN1CCOC(CNC(=O)c2ccc(Br)o2)C1. The second-order valence-corrected chi connectivity index (χ2v) is 4.98. The van der Waals surface area contributed by atoms with Crippen LogP contribution in [-0.4, -0.2) is 49.7 Å². The summed E-state index contributed by atoms with van der Waals surface area (Å²) < 4.78 is 11.3. The van der Waals surface area contributed by atoms with Crippen LogP contribution in [0.5, 0.6) is 0 Å². The number of furan rings is 1. The zero-order valence-corrected chi connectivity index (χ0v) is 11.9. The highest BCUT2D eigenvalue weighted by Gasteiger charge is 2.20. The minimum Gasteiger partial charge on any atom is -0.444 e. The molecule has 1 atom stereocenters.